The summed E-state index contributed by atoms with van der Waals surface area (Å²) in [6, 6.07) is 23.0. The summed E-state index contributed by atoms with van der Waals surface area (Å²) in [6.07, 6.45) is 0.806. The van der Waals surface area contributed by atoms with Crippen LogP contribution < -0.4 is 9.80 Å². The van der Waals surface area contributed by atoms with Gasteiger partial charge in [0.05, 0.1) is 17.5 Å². The molecule has 6 aromatic rings. The van der Waals surface area contributed by atoms with Crippen molar-refractivity contribution in [1.29, 1.82) is 0 Å². The molecule has 296 valence electrons. The fourth-order valence-electron chi connectivity index (χ4n) is 9.42. The molecule has 10 rings (SSSR count). The summed E-state index contributed by atoms with van der Waals surface area (Å²) in [5, 5.41) is 12.6. The van der Waals surface area contributed by atoms with E-state index in [1.807, 2.05) is 6.07 Å². The highest BCUT2D eigenvalue weighted by Crippen LogP contribution is 2.67. The molecular formula is C43H24Cl2F5N3O6. The highest BCUT2D eigenvalue weighted by Gasteiger charge is 2.77. The molecule has 0 bridgehead atoms. The Hall–Kier alpha value is -6.12. The Kier molecular flexibility index (Phi) is 7.99. The van der Waals surface area contributed by atoms with E-state index in [1.165, 1.54) is 18.2 Å². The molecule has 2 aliphatic heterocycles. The number of carbonyl (C=O) groups excluding carboxylic acids is 4. The van der Waals surface area contributed by atoms with Crippen LogP contribution in [0.1, 0.15) is 24.3 Å². The van der Waals surface area contributed by atoms with Gasteiger partial charge in [-0.05, 0) is 60.5 Å². The molecule has 1 saturated carbocycles. The first-order valence-electron chi connectivity index (χ1n) is 18.2. The molecule has 6 atom stereocenters. The number of para-hydroxylation sites is 2. The standard InChI is InChI=1S/C43H24Cl2F5N3O6/c44-42-17-25-22(15-16-23-28(25)39(56)52(38(23)55)20-12-9-19(10-13-20)37-51-26-7-3-4-8-27(26)59-37)29(24-14-11-18-5-1-2-6-21(18)36(24)54)43(42,45)41(58)53(40(42)57)35-33(49)31(47)30(46)32(48)34(35)50/h1-15,23,25,28-29,54H,16-17H2/t23-,25+,28-,29+,42+,43-/m0/s1. The second kappa shape index (κ2) is 12.7. The van der Waals surface area contributed by atoms with Crippen LogP contribution >= 0.6 is 23.2 Å². The second-order valence-corrected chi connectivity index (χ2v) is 16.2. The number of anilines is 2. The average Bonchev–Trinajstić information content (AvgIpc) is 3.83. The third-order valence-corrected chi connectivity index (χ3v) is 13.5. The molecular weight excluding hydrogens is 820 g/mol. The van der Waals surface area contributed by atoms with Gasteiger partial charge in [-0.1, -0.05) is 60.2 Å². The molecule has 1 N–H and O–H groups in total. The van der Waals surface area contributed by atoms with Crippen LogP contribution in [0.5, 0.6) is 5.75 Å². The van der Waals surface area contributed by atoms with Gasteiger partial charge < -0.3 is 9.52 Å². The van der Waals surface area contributed by atoms with E-state index >= 15 is 8.78 Å². The largest absolute Gasteiger partial charge is 0.507 e. The molecule has 1 aromatic heterocycles. The van der Waals surface area contributed by atoms with Crippen molar-refractivity contribution >= 4 is 80.1 Å². The van der Waals surface area contributed by atoms with Gasteiger partial charge in [0.2, 0.25) is 23.5 Å². The predicted molar refractivity (Wildman–Crippen MR) is 204 cm³/mol. The van der Waals surface area contributed by atoms with Crippen LogP contribution in [0.2, 0.25) is 0 Å². The van der Waals surface area contributed by atoms with E-state index in [0.717, 1.165) is 4.90 Å². The normalized spacial score (nSPS) is 26.5. The highest BCUT2D eigenvalue weighted by molar-refractivity contribution is 6.58. The fraction of sp³-hybridized carbons (Fsp3) is 0.186. The Morgan fingerprint density at radius 1 is 0.729 bits per heavy atom. The molecule has 59 heavy (non-hydrogen) atoms. The number of nitrogens with zero attached hydrogens (tertiary/aromatic N) is 3. The number of phenolic OH excluding ortho intramolecular Hbond substituents is 1. The molecule has 3 fully saturated rings. The number of aromatic nitrogens is 1. The van der Waals surface area contributed by atoms with E-state index in [9.17, 15) is 37.5 Å². The summed E-state index contributed by atoms with van der Waals surface area (Å²) in [7, 11) is 0. The maximum atomic E-state index is 15.4. The number of carbonyl (C=O) groups is 4. The van der Waals surface area contributed by atoms with Crippen molar-refractivity contribution in [2.45, 2.75) is 28.5 Å². The molecule has 5 aromatic carbocycles. The number of benzene rings is 5. The molecule has 3 heterocycles. The number of amides is 4. The first-order chi connectivity index (χ1) is 28.2. The lowest BCUT2D eigenvalue weighted by Crippen LogP contribution is -2.60. The minimum Gasteiger partial charge on any atom is -0.507 e. The quantitative estimate of drug-likeness (QED) is 0.0471. The fourth-order valence-corrected chi connectivity index (χ4v) is 10.3. The third-order valence-electron chi connectivity index (χ3n) is 12.1. The number of alkyl halides is 2. The molecule has 2 aliphatic carbocycles. The number of allylic oxidation sites excluding steroid dienone is 2. The van der Waals surface area contributed by atoms with Gasteiger partial charge in [0.1, 0.15) is 17.0 Å². The van der Waals surface area contributed by atoms with Crippen LogP contribution in [0, 0.1) is 46.8 Å². The van der Waals surface area contributed by atoms with Crippen LogP contribution in [-0.2, 0) is 19.2 Å². The van der Waals surface area contributed by atoms with Crippen LogP contribution in [-0.4, -0.2) is 43.5 Å². The molecule has 9 nitrogen and oxygen atoms in total. The Morgan fingerprint density at radius 2 is 1.39 bits per heavy atom. The van der Waals surface area contributed by atoms with E-state index < -0.39 is 104 Å². The van der Waals surface area contributed by atoms with Crippen LogP contribution in [0.25, 0.3) is 33.3 Å². The van der Waals surface area contributed by atoms with Crippen LogP contribution in [0.4, 0.5) is 33.3 Å². The zero-order chi connectivity index (χ0) is 41.4. The number of phenols is 1. The van der Waals surface area contributed by atoms with E-state index in [0.29, 0.717) is 27.9 Å². The van der Waals surface area contributed by atoms with Crippen molar-refractivity contribution in [1.82, 2.24) is 4.98 Å². The van der Waals surface area contributed by atoms with Gasteiger partial charge in [0, 0.05) is 22.4 Å². The summed E-state index contributed by atoms with van der Waals surface area (Å²) < 4.78 is 80.1. The molecule has 2 saturated heterocycles. The van der Waals surface area contributed by atoms with Crippen LogP contribution in [0.3, 0.4) is 0 Å². The Balaban J connectivity index is 1.10. The molecule has 0 radical (unpaired) electrons. The monoisotopic (exact) mass is 843 g/mol. The number of imide groups is 2. The maximum Gasteiger partial charge on any atom is 0.258 e. The first-order valence-corrected chi connectivity index (χ1v) is 19.0. The zero-order valence-electron chi connectivity index (χ0n) is 29.9. The highest BCUT2D eigenvalue weighted by atomic mass is 35.5. The Morgan fingerprint density at radius 3 is 2.10 bits per heavy atom. The van der Waals surface area contributed by atoms with E-state index in [-0.39, 0.29) is 33.5 Å². The van der Waals surface area contributed by atoms with Crippen molar-refractivity contribution in [3.63, 3.8) is 0 Å². The molecule has 0 spiro atoms. The number of fused-ring (bicyclic) bond motifs is 6. The van der Waals surface area contributed by atoms with Crippen molar-refractivity contribution in [3.8, 4) is 17.2 Å². The first kappa shape index (κ1) is 37.2. The SMILES string of the molecule is O=C1[C@H]2[C@H](CC=C3[C@H]2C[C@@]2(Cl)C(=O)N(c4c(F)c(F)c(F)c(F)c4F)C(=O)[C@@]2(Cl)[C@H]3c2ccc3ccccc3c2O)C(=O)N1c1ccc(-c2nc3ccccc3o2)cc1. The summed E-state index contributed by atoms with van der Waals surface area (Å²) in [4.78, 5) is 57.7. The van der Waals surface area contributed by atoms with Gasteiger partial charge in [0.15, 0.2) is 38.6 Å². The zero-order valence-corrected chi connectivity index (χ0v) is 31.4. The smallest absolute Gasteiger partial charge is 0.258 e. The second-order valence-electron chi connectivity index (χ2n) is 15.0. The molecule has 4 amide bonds. The lowest BCUT2D eigenvalue weighted by atomic mass is 9.56. The minimum absolute atomic E-state index is 0.0743. The van der Waals surface area contributed by atoms with Crippen LogP contribution in [0.15, 0.2) is 101 Å². The molecule has 0 unspecified atom stereocenters. The maximum absolute atomic E-state index is 15.4. The van der Waals surface area contributed by atoms with Gasteiger partial charge in [-0.3, -0.25) is 24.1 Å². The number of hydrogen-bond donors (Lipinski definition) is 1. The van der Waals surface area contributed by atoms with E-state index in [4.69, 9.17) is 27.6 Å². The summed E-state index contributed by atoms with van der Waals surface area (Å²) in [5.74, 6) is -22.1. The van der Waals surface area contributed by atoms with E-state index in [2.05, 4.69) is 4.98 Å². The Bertz CT molecular complexity index is 2880. The van der Waals surface area contributed by atoms with E-state index in [1.54, 1.807) is 66.7 Å². The lowest BCUT2D eigenvalue weighted by Gasteiger charge is -2.50. The summed E-state index contributed by atoms with van der Waals surface area (Å²) in [6.45, 7) is 0. The number of rotatable bonds is 4. The van der Waals surface area contributed by atoms with Crippen molar-refractivity contribution in [2.24, 2.45) is 17.8 Å². The van der Waals surface area contributed by atoms with Gasteiger partial charge >= 0.3 is 0 Å². The third kappa shape index (κ3) is 4.81. The number of halogens is 7. The van der Waals surface area contributed by atoms with Crippen molar-refractivity contribution in [3.05, 3.63) is 131 Å². The Labute approximate surface area is 339 Å². The number of oxazole rings is 1. The molecule has 16 heteroatoms. The van der Waals surface area contributed by atoms with Gasteiger partial charge in [-0.15, -0.1) is 23.2 Å². The minimum atomic E-state index is -2.78. The summed E-state index contributed by atoms with van der Waals surface area (Å²) >= 11 is 14.5. The number of hydrogen-bond acceptors (Lipinski definition) is 7. The average molecular weight is 845 g/mol. The van der Waals surface area contributed by atoms with Gasteiger partial charge in [-0.2, -0.15) is 0 Å². The predicted octanol–water partition coefficient (Wildman–Crippen LogP) is 8.82. The van der Waals surface area contributed by atoms with Crippen molar-refractivity contribution < 1.29 is 50.7 Å². The van der Waals surface area contributed by atoms with Crippen molar-refractivity contribution in [2.75, 3.05) is 9.80 Å². The topological polar surface area (TPSA) is 121 Å². The van der Waals surface area contributed by atoms with Gasteiger partial charge in [-0.25, -0.2) is 31.8 Å². The summed E-state index contributed by atoms with van der Waals surface area (Å²) in [5.41, 5.74) is 0.180. The van der Waals surface area contributed by atoms with Gasteiger partial charge in [0.25, 0.3) is 11.8 Å². The number of aromatic hydroxyl groups is 1. The lowest BCUT2D eigenvalue weighted by molar-refractivity contribution is -0.125. The molecule has 4 aliphatic rings.